The molecule has 6 heteroatoms. The molecule has 0 radical (unpaired) electrons. The highest BCUT2D eigenvalue weighted by Gasteiger charge is 2.31. The molecular weight excluding hydrogens is 426 g/mol. The number of likely N-dealkylation sites (tertiary alicyclic amines) is 1. The predicted molar refractivity (Wildman–Crippen MR) is 136 cm³/mol. The van der Waals surface area contributed by atoms with Crippen LogP contribution in [0.15, 0.2) is 48.5 Å². The fraction of sp³-hybridized carbons (Fsp3) is 0.500. The van der Waals surface area contributed by atoms with Gasteiger partial charge in [0.15, 0.2) is 5.78 Å². The van der Waals surface area contributed by atoms with Gasteiger partial charge in [-0.25, -0.2) is 0 Å². The molecule has 2 aromatic carbocycles. The summed E-state index contributed by atoms with van der Waals surface area (Å²) in [6.45, 7) is 8.67. The molecule has 0 aliphatic carbocycles. The van der Waals surface area contributed by atoms with E-state index in [1.54, 1.807) is 0 Å². The molecule has 2 heterocycles. The van der Waals surface area contributed by atoms with Crippen LogP contribution in [0.3, 0.4) is 0 Å². The van der Waals surface area contributed by atoms with Gasteiger partial charge in [-0.05, 0) is 51.3 Å². The van der Waals surface area contributed by atoms with E-state index in [-0.39, 0.29) is 30.6 Å². The molecule has 0 saturated carbocycles. The van der Waals surface area contributed by atoms with Gasteiger partial charge >= 0.3 is 0 Å². The highest BCUT2D eigenvalue weighted by molar-refractivity contribution is 5.98. The first-order chi connectivity index (χ1) is 16.5. The summed E-state index contributed by atoms with van der Waals surface area (Å²) in [5.41, 5.74) is 2.98. The normalized spacial score (nSPS) is 19.2. The van der Waals surface area contributed by atoms with Crippen LogP contribution < -0.4 is 15.0 Å². The fourth-order valence-electron chi connectivity index (χ4n) is 5.15. The van der Waals surface area contributed by atoms with E-state index in [9.17, 15) is 9.59 Å². The second kappa shape index (κ2) is 11.5. The maximum Gasteiger partial charge on any atom is 0.220 e. The zero-order valence-corrected chi connectivity index (χ0v) is 20.5. The summed E-state index contributed by atoms with van der Waals surface area (Å²) in [5.74, 6) is 0.947. The average molecular weight is 464 g/mol. The molecule has 1 N–H and O–H groups in total. The van der Waals surface area contributed by atoms with Gasteiger partial charge in [-0.1, -0.05) is 29.8 Å². The third-order valence-electron chi connectivity index (χ3n) is 6.98. The number of ether oxygens (including phenoxy) is 1. The summed E-state index contributed by atoms with van der Waals surface area (Å²) < 4.78 is 5.65. The van der Waals surface area contributed by atoms with E-state index < -0.39 is 0 Å². The number of nitrogens with one attached hydrogen (secondary N) is 1. The molecule has 1 amide bonds. The highest BCUT2D eigenvalue weighted by Crippen LogP contribution is 2.27. The molecule has 2 aliphatic heterocycles. The maximum absolute atomic E-state index is 12.5. The first kappa shape index (κ1) is 24.3. The number of amides is 1. The van der Waals surface area contributed by atoms with Crippen molar-refractivity contribution in [1.29, 1.82) is 0 Å². The Labute approximate surface area is 203 Å². The van der Waals surface area contributed by atoms with Gasteiger partial charge in [-0.3, -0.25) is 14.5 Å². The largest absolute Gasteiger partial charge is 0.494 e. The van der Waals surface area contributed by atoms with Gasteiger partial charge < -0.3 is 15.0 Å². The van der Waals surface area contributed by atoms with E-state index in [1.165, 1.54) is 5.69 Å². The lowest BCUT2D eigenvalue weighted by Gasteiger charge is -2.38. The van der Waals surface area contributed by atoms with E-state index in [1.807, 2.05) is 44.2 Å². The average Bonchev–Trinajstić information content (AvgIpc) is 3.31. The van der Waals surface area contributed by atoms with Gasteiger partial charge in [-0.2, -0.15) is 0 Å². The van der Waals surface area contributed by atoms with Crippen molar-refractivity contribution < 1.29 is 14.3 Å². The van der Waals surface area contributed by atoms with Crippen LogP contribution in [-0.2, 0) is 4.79 Å². The summed E-state index contributed by atoms with van der Waals surface area (Å²) >= 11 is 0. The van der Waals surface area contributed by atoms with E-state index >= 15 is 0 Å². The monoisotopic (exact) mass is 463 g/mol. The fourth-order valence-corrected chi connectivity index (χ4v) is 5.15. The van der Waals surface area contributed by atoms with Crippen molar-refractivity contribution in [2.24, 2.45) is 0 Å². The topological polar surface area (TPSA) is 61.9 Å². The molecule has 0 spiro atoms. The Hall–Kier alpha value is -2.86. The second-order valence-corrected chi connectivity index (χ2v) is 9.49. The molecule has 182 valence electrons. The lowest BCUT2D eigenvalue weighted by Crippen LogP contribution is -2.45. The van der Waals surface area contributed by atoms with Crippen LogP contribution in [0.25, 0.3) is 0 Å². The first-order valence-corrected chi connectivity index (χ1v) is 12.6. The van der Waals surface area contributed by atoms with Crippen molar-refractivity contribution in [2.45, 2.75) is 58.0 Å². The number of nitrogens with zero attached hydrogens (tertiary/aromatic N) is 2. The minimum Gasteiger partial charge on any atom is -0.494 e. The zero-order valence-electron chi connectivity index (χ0n) is 20.5. The lowest BCUT2D eigenvalue weighted by molar-refractivity contribution is -0.121. The lowest BCUT2D eigenvalue weighted by atomic mass is 10.0. The van der Waals surface area contributed by atoms with Gasteiger partial charge in [0.1, 0.15) is 5.75 Å². The van der Waals surface area contributed by atoms with Crippen molar-refractivity contribution in [3.63, 3.8) is 0 Å². The molecule has 6 nitrogen and oxygen atoms in total. The summed E-state index contributed by atoms with van der Waals surface area (Å²) in [6.07, 6.45) is 3.75. The molecule has 0 aromatic heterocycles. The Morgan fingerprint density at radius 2 is 1.79 bits per heavy atom. The Balaban J connectivity index is 1.19. The third-order valence-corrected chi connectivity index (χ3v) is 6.98. The number of ketones is 1. The SMILES string of the molecule is CCOc1cccc(N2CCC(N3CC[C@@H](NC(=O)CCC(=O)c4cccc(C)c4)C3)CC2)c1. The van der Waals surface area contributed by atoms with Crippen molar-refractivity contribution in [3.8, 4) is 5.75 Å². The molecule has 0 bridgehead atoms. The van der Waals surface area contributed by atoms with Crippen molar-refractivity contribution in [2.75, 3.05) is 37.7 Å². The summed E-state index contributed by atoms with van der Waals surface area (Å²) in [5, 5.41) is 3.16. The van der Waals surface area contributed by atoms with Gasteiger partial charge in [0, 0.05) is 68.4 Å². The number of aryl methyl sites for hydroxylation is 1. The number of Topliss-reactive ketones (excluding diaryl/α,β-unsaturated/α-hetero) is 1. The van der Waals surface area contributed by atoms with E-state index in [4.69, 9.17) is 4.74 Å². The number of hydrogen-bond acceptors (Lipinski definition) is 5. The molecule has 0 unspecified atom stereocenters. The molecule has 1 atom stereocenters. The summed E-state index contributed by atoms with van der Waals surface area (Å²) in [6, 6.07) is 16.7. The van der Waals surface area contributed by atoms with Crippen molar-refractivity contribution in [3.05, 3.63) is 59.7 Å². The van der Waals surface area contributed by atoms with Gasteiger partial charge in [0.05, 0.1) is 6.61 Å². The minimum atomic E-state index is -0.0168. The molecule has 4 rings (SSSR count). The Bertz CT molecular complexity index is 984. The molecule has 2 saturated heterocycles. The van der Waals surface area contributed by atoms with E-state index in [0.29, 0.717) is 18.2 Å². The number of carbonyl (C=O) groups is 2. The van der Waals surface area contributed by atoms with Crippen LogP contribution in [0, 0.1) is 6.92 Å². The zero-order chi connectivity index (χ0) is 23.9. The second-order valence-electron chi connectivity index (χ2n) is 9.49. The van der Waals surface area contributed by atoms with Crippen molar-refractivity contribution in [1.82, 2.24) is 10.2 Å². The molecule has 2 fully saturated rings. The smallest absolute Gasteiger partial charge is 0.220 e. The van der Waals surface area contributed by atoms with Crippen LogP contribution >= 0.6 is 0 Å². The number of carbonyl (C=O) groups excluding carboxylic acids is 2. The Morgan fingerprint density at radius 3 is 2.56 bits per heavy atom. The van der Waals surface area contributed by atoms with Gasteiger partial charge in [-0.15, -0.1) is 0 Å². The predicted octanol–water partition coefficient (Wildman–Crippen LogP) is 4.22. The van der Waals surface area contributed by atoms with E-state index in [0.717, 1.165) is 56.8 Å². The molecule has 2 aromatic rings. The van der Waals surface area contributed by atoms with E-state index in [2.05, 4.69) is 33.3 Å². The third kappa shape index (κ3) is 6.38. The molecule has 2 aliphatic rings. The number of benzene rings is 2. The van der Waals surface area contributed by atoms with Crippen LogP contribution in [0.1, 0.15) is 54.9 Å². The minimum absolute atomic E-state index is 0.0168. The summed E-state index contributed by atoms with van der Waals surface area (Å²) in [4.78, 5) is 29.8. The highest BCUT2D eigenvalue weighted by atomic mass is 16.5. The summed E-state index contributed by atoms with van der Waals surface area (Å²) in [7, 11) is 0. The molecule has 34 heavy (non-hydrogen) atoms. The van der Waals surface area contributed by atoms with Crippen LogP contribution in [0.2, 0.25) is 0 Å². The number of rotatable bonds is 9. The number of piperidine rings is 1. The Morgan fingerprint density at radius 1 is 1.00 bits per heavy atom. The van der Waals surface area contributed by atoms with Crippen LogP contribution in [0.5, 0.6) is 5.75 Å². The van der Waals surface area contributed by atoms with Gasteiger partial charge in [0.25, 0.3) is 0 Å². The molecular formula is C28H37N3O3. The Kier molecular flexibility index (Phi) is 8.22. The standard InChI is InChI=1S/C28H37N3O3/c1-3-34-26-9-5-8-25(19-26)30-16-13-24(14-17-30)31-15-12-23(20-31)29-28(33)11-10-27(32)22-7-4-6-21(2)18-22/h4-9,18-19,23-24H,3,10-17,20H2,1-2H3,(H,29,33)/t23-/m1/s1. The number of anilines is 1. The first-order valence-electron chi connectivity index (χ1n) is 12.6. The van der Waals surface area contributed by atoms with Crippen LogP contribution in [-0.4, -0.2) is 61.5 Å². The number of hydrogen-bond donors (Lipinski definition) is 1. The van der Waals surface area contributed by atoms with Gasteiger partial charge in [0.2, 0.25) is 5.91 Å². The van der Waals surface area contributed by atoms with Crippen LogP contribution in [0.4, 0.5) is 5.69 Å². The maximum atomic E-state index is 12.5. The van der Waals surface area contributed by atoms with Crippen molar-refractivity contribution >= 4 is 17.4 Å². The quantitative estimate of drug-likeness (QED) is 0.565.